The summed E-state index contributed by atoms with van der Waals surface area (Å²) in [5, 5.41) is 1.28. The van der Waals surface area contributed by atoms with Gasteiger partial charge in [0, 0.05) is 5.56 Å². The smallest absolute Gasteiger partial charge is 0.350 e. The largest absolute Gasteiger partial charge is 0.497 e. The first kappa shape index (κ1) is 17.5. The van der Waals surface area contributed by atoms with Crippen molar-refractivity contribution in [2.24, 2.45) is 0 Å². The summed E-state index contributed by atoms with van der Waals surface area (Å²) < 4.78 is 10.4. The summed E-state index contributed by atoms with van der Waals surface area (Å²) in [6.07, 6.45) is 1.90. The molecule has 2 N–H and O–H groups in total. The number of hydrogen-bond donors (Lipinski definition) is 1. The first-order valence-corrected chi connectivity index (χ1v) is 9.58. The zero-order valence-corrected chi connectivity index (χ0v) is 15.7. The van der Waals surface area contributed by atoms with Gasteiger partial charge in [0.2, 0.25) is 0 Å². The SMILES string of the molecule is CCOC(=O)c1sc2nc(SC)nc(-c3cccc(OC)c3)c2c1N. The normalized spacial score (nSPS) is 10.8. The number of aromatic nitrogens is 2. The minimum Gasteiger partial charge on any atom is -0.497 e. The number of thiophene rings is 1. The molecule has 130 valence electrons. The molecule has 8 heteroatoms. The molecule has 0 spiro atoms. The summed E-state index contributed by atoms with van der Waals surface area (Å²) in [5.41, 5.74) is 8.14. The predicted molar refractivity (Wildman–Crippen MR) is 102 cm³/mol. The van der Waals surface area contributed by atoms with Crippen LogP contribution in [0.5, 0.6) is 5.75 Å². The lowest BCUT2D eigenvalue weighted by atomic mass is 10.1. The monoisotopic (exact) mass is 375 g/mol. The standard InChI is InChI=1S/C17H17N3O3S2/c1-4-23-16(21)14-12(18)11-13(9-6-5-7-10(8-9)22-2)19-17(24-3)20-15(11)25-14/h5-8H,4,18H2,1-3H3. The third kappa shape index (κ3) is 3.27. The van der Waals surface area contributed by atoms with Gasteiger partial charge in [0.05, 0.1) is 30.5 Å². The van der Waals surface area contributed by atoms with E-state index in [-0.39, 0.29) is 6.61 Å². The zero-order valence-electron chi connectivity index (χ0n) is 14.0. The molecule has 0 fully saturated rings. The van der Waals surface area contributed by atoms with E-state index in [0.717, 1.165) is 11.3 Å². The fraction of sp³-hybridized carbons (Fsp3) is 0.235. The van der Waals surface area contributed by atoms with E-state index in [0.29, 0.717) is 31.6 Å². The van der Waals surface area contributed by atoms with Crippen LogP contribution in [0.25, 0.3) is 21.5 Å². The molecule has 0 saturated heterocycles. The molecule has 0 aliphatic carbocycles. The number of nitrogens with zero attached hydrogens (tertiary/aromatic N) is 2. The highest BCUT2D eigenvalue weighted by atomic mass is 32.2. The molecule has 0 aliphatic rings. The van der Waals surface area contributed by atoms with Crippen molar-refractivity contribution < 1.29 is 14.3 Å². The summed E-state index contributed by atoms with van der Waals surface area (Å²) >= 11 is 2.66. The van der Waals surface area contributed by atoms with Crippen molar-refractivity contribution in [2.45, 2.75) is 12.1 Å². The lowest BCUT2D eigenvalue weighted by Gasteiger charge is -2.08. The van der Waals surface area contributed by atoms with E-state index in [1.807, 2.05) is 30.5 Å². The summed E-state index contributed by atoms with van der Waals surface area (Å²) in [7, 11) is 1.61. The number of methoxy groups -OCH3 is 1. The lowest BCUT2D eigenvalue weighted by Crippen LogP contribution is -2.05. The van der Waals surface area contributed by atoms with Gasteiger partial charge in [0.25, 0.3) is 0 Å². The summed E-state index contributed by atoms with van der Waals surface area (Å²) in [4.78, 5) is 22.3. The summed E-state index contributed by atoms with van der Waals surface area (Å²) in [6.45, 7) is 2.05. The van der Waals surface area contributed by atoms with E-state index in [4.69, 9.17) is 15.2 Å². The van der Waals surface area contributed by atoms with Crippen LogP contribution in [0.15, 0.2) is 29.4 Å². The van der Waals surface area contributed by atoms with Gasteiger partial charge in [-0.15, -0.1) is 11.3 Å². The van der Waals surface area contributed by atoms with Gasteiger partial charge >= 0.3 is 5.97 Å². The number of rotatable bonds is 5. The van der Waals surface area contributed by atoms with E-state index in [2.05, 4.69) is 9.97 Å². The van der Waals surface area contributed by atoms with Gasteiger partial charge in [0.1, 0.15) is 15.5 Å². The van der Waals surface area contributed by atoms with Crippen LogP contribution in [0.1, 0.15) is 16.6 Å². The molecule has 0 aliphatic heterocycles. The van der Waals surface area contributed by atoms with Gasteiger partial charge in [0.15, 0.2) is 5.16 Å². The second kappa shape index (κ2) is 7.28. The molecule has 0 bridgehead atoms. The van der Waals surface area contributed by atoms with Crippen molar-refractivity contribution in [3.05, 3.63) is 29.1 Å². The highest BCUT2D eigenvalue weighted by Crippen LogP contribution is 2.40. The number of benzene rings is 1. The molecule has 25 heavy (non-hydrogen) atoms. The van der Waals surface area contributed by atoms with Crippen molar-refractivity contribution in [2.75, 3.05) is 25.7 Å². The molecule has 0 amide bonds. The molecule has 2 aromatic heterocycles. The van der Waals surface area contributed by atoms with Crippen molar-refractivity contribution in [1.29, 1.82) is 0 Å². The fourth-order valence-corrected chi connectivity index (χ4v) is 3.83. The number of nitrogen functional groups attached to an aromatic ring is 1. The van der Waals surface area contributed by atoms with E-state index in [1.165, 1.54) is 23.1 Å². The van der Waals surface area contributed by atoms with Gasteiger partial charge in [-0.05, 0) is 25.3 Å². The molecule has 0 atom stereocenters. The Morgan fingerprint density at radius 3 is 2.84 bits per heavy atom. The van der Waals surface area contributed by atoms with E-state index in [1.54, 1.807) is 14.0 Å². The van der Waals surface area contributed by atoms with Crippen LogP contribution in [0, 0.1) is 0 Å². The Morgan fingerprint density at radius 1 is 1.36 bits per heavy atom. The molecule has 2 heterocycles. The number of esters is 1. The maximum Gasteiger partial charge on any atom is 0.350 e. The Labute approximate surface area is 153 Å². The molecule has 6 nitrogen and oxygen atoms in total. The van der Waals surface area contributed by atoms with Crippen LogP contribution in [0.2, 0.25) is 0 Å². The molecular weight excluding hydrogens is 358 g/mol. The number of nitrogens with two attached hydrogens (primary N) is 1. The maximum atomic E-state index is 12.2. The lowest BCUT2D eigenvalue weighted by molar-refractivity contribution is 0.0533. The molecule has 3 rings (SSSR count). The number of anilines is 1. The van der Waals surface area contributed by atoms with Crippen LogP contribution < -0.4 is 10.5 Å². The van der Waals surface area contributed by atoms with Gasteiger partial charge in [-0.2, -0.15) is 0 Å². The van der Waals surface area contributed by atoms with Crippen LogP contribution in [0.4, 0.5) is 5.69 Å². The average Bonchev–Trinajstić information content (AvgIpc) is 2.98. The van der Waals surface area contributed by atoms with E-state index < -0.39 is 5.97 Å². The van der Waals surface area contributed by atoms with Crippen molar-refractivity contribution in [1.82, 2.24) is 9.97 Å². The first-order chi connectivity index (χ1) is 12.1. The quantitative estimate of drug-likeness (QED) is 0.412. The summed E-state index contributed by atoms with van der Waals surface area (Å²) in [6, 6.07) is 7.55. The van der Waals surface area contributed by atoms with Gasteiger partial charge < -0.3 is 15.2 Å². The third-order valence-corrected chi connectivity index (χ3v) is 5.18. The molecule has 0 saturated carbocycles. The average molecular weight is 375 g/mol. The van der Waals surface area contributed by atoms with Crippen molar-refractivity contribution >= 4 is 45.0 Å². The van der Waals surface area contributed by atoms with Crippen LogP contribution in [-0.4, -0.2) is 35.9 Å². The topological polar surface area (TPSA) is 87.3 Å². The van der Waals surface area contributed by atoms with Crippen LogP contribution in [0.3, 0.4) is 0 Å². The van der Waals surface area contributed by atoms with Crippen LogP contribution in [-0.2, 0) is 4.74 Å². The number of ether oxygens (including phenoxy) is 2. The number of carbonyl (C=O) groups is 1. The Kier molecular flexibility index (Phi) is 5.10. The molecule has 1 aromatic carbocycles. The fourth-order valence-electron chi connectivity index (χ4n) is 2.42. The Morgan fingerprint density at radius 2 is 2.16 bits per heavy atom. The zero-order chi connectivity index (χ0) is 18.0. The third-order valence-electron chi connectivity index (χ3n) is 3.55. The minimum atomic E-state index is -0.440. The van der Waals surface area contributed by atoms with Crippen molar-refractivity contribution in [3.8, 4) is 17.0 Å². The Hall–Kier alpha value is -2.32. The van der Waals surface area contributed by atoms with Crippen molar-refractivity contribution in [3.63, 3.8) is 0 Å². The van der Waals surface area contributed by atoms with Gasteiger partial charge in [-0.3, -0.25) is 0 Å². The molecular formula is C17H17N3O3S2. The number of thioether (sulfide) groups is 1. The summed E-state index contributed by atoms with van der Waals surface area (Å²) in [5.74, 6) is 0.277. The highest BCUT2D eigenvalue weighted by Gasteiger charge is 2.23. The molecule has 0 radical (unpaired) electrons. The number of hydrogen-bond acceptors (Lipinski definition) is 8. The first-order valence-electron chi connectivity index (χ1n) is 7.54. The second-order valence-electron chi connectivity index (χ2n) is 5.04. The van der Waals surface area contributed by atoms with E-state index >= 15 is 0 Å². The number of fused-ring (bicyclic) bond motifs is 1. The van der Waals surface area contributed by atoms with E-state index in [9.17, 15) is 4.79 Å². The molecule has 0 unspecified atom stereocenters. The van der Waals surface area contributed by atoms with Crippen LogP contribution >= 0.6 is 23.1 Å². The molecule has 3 aromatic rings. The van der Waals surface area contributed by atoms with Gasteiger partial charge in [-0.1, -0.05) is 23.9 Å². The highest BCUT2D eigenvalue weighted by molar-refractivity contribution is 7.98. The van der Waals surface area contributed by atoms with Gasteiger partial charge in [-0.25, -0.2) is 14.8 Å². The second-order valence-corrected chi connectivity index (χ2v) is 6.81. The Balaban J connectivity index is 2.27. The number of carbonyl (C=O) groups excluding carboxylic acids is 1. The minimum absolute atomic E-state index is 0.289. The Bertz CT molecular complexity index is 940. The predicted octanol–water partition coefficient (Wildman–Crippen LogP) is 3.85. The maximum absolute atomic E-state index is 12.2.